The van der Waals surface area contributed by atoms with Gasteiger partial charge in [0.2, 0.25) is 5.91 Å². The number of nitrogens with two attached hydrogens (primary N) is 1. The number of hydrogen-bond acceptors (Lipinski definition) is 4. The van der Waals surface area contributed by atoms with Crippen molar-refractivity contribution >= 4 is 17.5 Å². The first-order chi connectivity index (χ1) is 13.9. The molecule has 1 atom stereocenters. The van der Waals surface area contributed by atoms with E-state index in [2.05, 4.69) is 5.32 Å². The van der Waals surface area contributed by atoms with Crippen LogP contribution in [-0.2, 0) is 17.6 Å². The van der Waals surface area contributed by atoms with Gasteiger partial charge in [0.25, 0.3) is 0 Å². The van der Waals surface area contributed by atoms with E-state index in [9.17, 15) is 4.79 Å². The molecule has 2 rings (SSSR count). The van der Waals surface area contributed by atoms with E-state index in [0.29, 0.717) is 25.3 Å². The van der Waals surface area contributed by atoms with Crippen molar-refractivity contribution in [3.8, 4) is 11.5 Å². The average molecular weight is 419 g/mol. The van der Waals surface area contributed by atoms with Crippen molar-refractivity contribution < 1.29 is 14.3 Å². The molecular weight excluding hydrogens is 388 g/mol. The van der Waals surface area contributed by atoms with Crippen LogP contribution in [0.1, 0.15) is 31.4 Å². The summed E-state index contributed by atoms with van der Waals surface area (Å²) in [5.41, 5.74) is 8.15. The van der Waals surface area contributed by atoms with Crippen LogP contribution >= 0.6 is 11.6 Å². The third-order valence-corrected chi connectivity index (χ3v) is 4.99. The fourth-order valence-corrected chi connectivity index (χ4v) is 2.97. The molecule has 2 aromatic carbocycles. The molecule has 0 saturated carbocycles. The van der Waals surface area contributed by atoms with Crippen LogP contribution in [0.15, 0.2) is 42.5 Å². The first-order valence-corrected chi connectivity index (χ1v) is 10.4. The molecule has 0 aliphatic rings. The summed E-state index contributed by atoms with van der Waals surface area (Å²) in [6.45, 7) is 5.00. The standard InChI is InChI=1S/C23H31ClN2O3/c1-16(2)22(25)23(27)26-13-12-18-8-11-20(21(15-18)28-3)29-14-4-5-17-6-9-19(24)10-7-17/h6-11,15-16,22H,4-5,12-14,25H2,1-3H3,(H,26,27)/t22-/m0/s1. The summed E-state index contributed by atoms with van der Waals surface area (Å²) in [6.07, 6.45) is 2.52. The first-order valence-electron chi connectivity index (χ1n) is 9.98. The van der Waals surface area contributed by atoms with Gasteiger partial charge in [0.15, 0.2) is 11.5 Å². The highest BCUT2D eigenvalue weighted by Gasteiger charge is 2.16. The average Bonchev–Trinajstić information content (AvgIpc) is 2.72. The molecule has 0 saturated heterocycles. The minimum absolute atomic E-state index is 0.117. The summed E-state index contributed by atoms with van der Waals surface area (Å²) in [7, 11) is 1.63. The van der Waals surface area contributed by atoms with E-state index in [-0.39, 0.29) is 11.8 Å². The number of ether oxygens (including phenoxy) is 2. The van der Waals surface area contributed by atoms with Crippen LogP contribution in [0.2, 0.25) is 5.02 Å². The van der Waals surface area contributed by atoms with Gasteiger partial charge in [-0.15, -0.1) is 0 Å². The van der Waals surface area contributed by atoms with E-state index < -0.39 is 6.04 Å². The molecule has 1 amide bonds. The predicted molar refractivity (Wildman–Crippen MR) is 118 cm³/mol. The molecule has 0 unspecified atom stereocenters. The van der Waals surface area contributed by atoms with Gasteiger partial charge in [-0.1, -0.05) is 43.6 Å². The van der Waals surface area contributed by atoms with Crippen LogP contribution in [0.25, 0.3) is 0 Å². The van der Waals surface area contributed by atoms with Crippen molar-refractivity contribution in [2.45, 2.75) is 39.2 Å². The number of hydrogen-bond donors (Lipinski definition) is 2. The van der Waals surface area contributed by atoms with E-state index in [1.165, 1.54) is 5.56 Å². The molecule has 0 fully saturated rings. The Morgan fingerprint density at radius 1 is 1.07 bits per heavy atom. The van der Waals surface area contributed by atoms with Gasteiger partial charge in [-0.25, -0.2) is 0 Å². The van der Waals surface area contributed by atoms with Gasteiger partial charge < -0.3 is 20.5 Å². The Labute approximate surface area is 178 Å². The molecule has 3 N–H and O–H groups in total. The number of benzene rings is 2. The lowest BCUT2D eigenvalue weighted by molar-refractivity contribution is -0.123. The largest absolute Gasteiger partial charge is 0.493 e. The van der Waals surface area contributed by atoms with E-state index in [4.69, 9.17) is 26.8 Å². The zero-order valence-corrected chi connectivity index (χ0v) is 18.2. The Morgan fingerprint density at radius 3 is 2.41 bits per heavy atom. The Bertz CT molecular complexity index is 778. The SMILES string of the molecule is COc1cc(CCNC(=O)[C@@H](N)C(C)C)ccc1OCCCc1ccc(Cl)cc1. The third kappa shape index (κ3) is 7.59. The quantitative estimate of drug-likeness (QED) is 0.541. The van der Waals surface area contributed by atoms with Crippen molar-refractivity contribution in [2.75, 3.05) is 20.3 Å². The molecule has 158 valence electrons. The summed E-state index contributed by atoms with van der Waals surface area (Å²) in [5.74, 6) is 1.41. The number of carbonyl (C=O) groups is 1. The van der Waals surface area contributed by atoms with Crippen LogP contribution in [0.4, 0.5) is 0 Å². The molecule has 0 radical (unpaired) electrons. The lowest BCUT2D eigenvalue weighted by Gasteiger charge is -2.16. The van der Waals surface area contributed by atoms with Crippen LogP contribution in [0.5, 0.6) is 11.5 Å². The van der Waals surface area contributed by atoms with Crippen molar-refractivity contribution in [1.82, 2.24) is 5.32 Å². The maximum absolute atomic E-state index is 11.9. The highest BCUT2D eigenvalue weighted by molar-refractivity contribution is 6.30. The highest BCUT2D eigenvalue weighted by Crippen LogP contribution is 2.28. The van der Waals surface area contributed by atoms with Gasteiger partial charge in [-0.2, -0.15) is 0 Å². The Balaban J connectivity index is 1.80. The second-order valence-corrected chi connectivity index (χ2v) is 7.81. The van der Waals surface area contributed by atoms with Crippen LogP contribution in [0.3, 0.4) is 0 Å². The van der Waals surface area contributed by atoms with Gasteiger partial charge in [0.05, 0.1) is 19.8 Å². The summed E-state index contributed by atoms with van der Waals surface area (Å²) < 4.78 is 11.4. The minimum Gasteiger partial charge on any atom is -0.493 e. The summed E-state index contributed by atoms with van der Waals surface area (Å²) in [4.78, 5) is 11.9. The van der Waals surface area contributed by atoms with E-state index >= 15 is 0 Å². The van der Waals surface area contributed by atoms with Crippen LogP contribution in [0, 0.1) is 5.92 Å². The molecular formula is C23H31ClN2O3. The molecule has 0 heterocycles. The van der Waals surface area contributed by atoms with Gasteiger partial charge in [-0.3, -0.25) is 4.79 Å². The second-order valence-electron chi connectivity index (χ2n) is 7.37. The monoisotopic (exact) mass is 418 g/mol. The van der Waals surface area contributed by atoms with Crippen molar-refractivity contribution in [3.63, 3.8) is 0 Å². The summed E-state index contributed by atoms with van der Waals surface area (Å²) >= 11 is 5.91. The second kappa shape index (κ2) is 11.7. The van der Waals surface area contributed by atoms with Crippen molar-refractivity contribution in [2.24, 2.45) is 11.7 Å². The molecule has 29 heavy (non-hydrogen) atoms. The zero-order valence-electron chi connectivity index (χ0n) is 17.4. The van der Waals surface area contributed by atoms with E-state index in [1.807, 2.05) is 56.3 Å². The molecule has 0 aliphatic heterocycles. The molecule has 0 aliphatic carbocycles. The number of nitrogens with one attached hydrogen (secondary N) is 1. The molecule has 6 heteroatoms. The number of methoxy groups -OCH3 is 1. The molecule has 2 aromatic rings. The maximum atomic E-state index is 11.9. The Hall–Kier alpha value is -2.24. The number of aryl methyl sites for hydroxylation is 1. The summed E-state index contributed by atoms with van der Waals surface area (Å²) in [6, 6.07) is 13.2. The fraction of sp³-hybridized carbons (Fsp3) is 0.435. The number of carbonyl (C=O) groups excluding carboxylic acids is 1. The smallest absolute Gasteiger partial charge is 0.237 e. The molecule has 5 nitrogen and oxygen atoms in total. The molecule has 0 bridgehead atoms. The zero-order chi connectivity index (χ0) is 21.2. The Kier molecular flexibility index (Phi) is 9.29. The highest BCUT2D eigenvalue weighted by atomic mass is 35.5. The normalized spacial score (nSPS) is 11.9. The van der Waals surface area contributed by atoms with Gasteiger partial charge >= 0.3 is 0 Å². The van der Waals surface area contributed by atoms with E-state index in [0.717, 1.165) is 29.2 Å². The minimum atomic E-state index is -0.479. The number of halogens is 1. The molecule has 0 spiro atoms. The lowest BCUT2D eigenvalue weighted by Crippen LogP contribution is -2.44. The fourth-order valence-electron chi connectivity index (χ4n) is 2.85. The van der Waals surface area contributed by atoms with Crippen molar-refractivity contribution in [1.29, 1.82) is 0 Å². The van der Waals surface area contributed by atoms with Gasteiger partial charge in [0, 0.05) is 11.6 Å². The van der Waals surface area contributed by atoms with Crippen molar-refractivity contribution in [3.05, 3.63) is 58.6 Å². The third-order valence-electron chi connectivity index (χ3n) is 4.74. The number of rotatable bonds is 11. The van der Waals surface area contributed by atoms with Crippen LogP contribution < -0.4 is 20.5 Å². The molecule has 0 aromatic heterocycles. The number of amides is 1. The Morgan fingerprint density at radius 2 is 1.76 bits per heavy atom. The topological polar surface area (TPSA) is 73.6 Å². The lowest BCUT2D eigenvalue weighted by atomic mass is 10.0. The van der Waals surface area contributed by atoms with Crippen LogP contribution in [-0.4, -0.2) is 32.2 Å². The van der Waals surface area contributed by atoms with Gasteiger partial charge in [-0.05, 0) is 60.6 Å². The summed E-state index contributed by atoms with van der Waals surface area (Å²) in [5, 5.41) is 3.63. The van der Waals surface area contributed by atoms with Gasteiger partial charge in [0.1, 0.15) is 0 Å². The van der Waals surface area contributed by atoms with E-state index in [1.54, 1.807) is 7.11 Å². The predicted octanol–water partition coefficient (Wildman–Crippen LogP) is 4.00. The maximum Gasteiger partial charge on any atom is 0.237 e. The first kappa shape index (κ1) is 23.0.